The summed E-state index contributed by atoms with van der Waals surface area (Å²) in [6.07, 6.45) is 0. The second-order valence-corrected chi connectivity index (χ2v) is 7.17. The molecule has 0 heterocycles. The molecular weight excluding hydrogens is 322 g/mol. The van der Waals surface area contributed by atoms with Gasteiger partial charge in [-0.2, -0.15) is 0 Å². The third-order valence-corrected chi connectivity index (χ3v) is 4.83. The van der Waals surface area contributed by atoms with Crippen LogP contribution in [0, 0.1) is 13.8 Å². The monoisotopic (exact) mass is 339 g/mol. The standard InChI is InChI=1S/C16H18ClNO3S/c1-12-3-8-16(13(2)11-12)21-10-9-18-22(19,20)15-6-4-14(17)5-7-15/h3-8,11,18H,9-10H2,1-2H3. The second kappa shape index (κ2) is 7.13. The molecular formula is C16H18ClNO3S. The van der Waals surface area contributed by atoms with Gasteiger partial charge in [0.1, 0.15) is 12.4 Å². The fourth-order valence-electron chi connectivity index (χ4n) is 2.00. The molecule has 0 aromatic heterocycles. The normalized spacial score (nSPS) is 11.4. The van der Waals surface area contributed by atoms with Crippen molar-refractivity contribution in [3.8, 4) is 5.75 Å². The van der Waals surface area contributed by atoms with Gasteiger partial charge in [0.25, 0.3) is 0 Å². The molecule has 0 aliphatic rings. The van der Waals surface area contributed by atoms with Crippen molar-refractivity contribution in [1.29, 1.82) is 0 Å². The molecule has 0 spiro atoms. The molecule has 0 saturated heterocycles. The lowest BCUT2D eigenvalue weighted by atomic mass is 10.1. The number of nitrogens with one attached hydrogen (secondary N) is 1. The van der Waals surface area contributed by atoms with Crippen molar-refractivity contribution in [2.45, 2.75) is 18.7 Å². The van der Waals surface area contributed by atoms with E-state index >= 15 is 0 Å². The minimum Gasteiger partial charge on any atom is -0.492 e. The van der Waals surface area contributed by atoms with Crippen LogP contribution in [0.4, 0.5) is 0 Å². The Labute approximate surface area is 136 Å². The lowest BCUT2D eigenvalue weighted by Gasteiger charge is -2.11. The Kier molecular flexibility index (Phi) is 5.45. The summed E-state index contributed by atoms with van der Waals surface area (Å²) < 4.78 is 32.2. The zero-order chi connectivity index (χ0) is 16.2. The molecule has 0 bridgehead atoms. The lowest BCUT2D eigenvalue weighted by molar-refractivity contribution is 0.320. The molecule has 2 aromatic carbocycles. The van der Waals surface area contributed by atoms with Crippen LogP contribution < -0.4 is 9.46 Å². The third-order valence-electron chi connectivity index (χ3n) is 3.11. The van der Waals surface area contributed by atoms with Crippen molar-refractivity contribution in [2.75, 3.05) is 13.2 Å². The van der Waals surface area contributed by atoms with Gasteiger partial charge in [-0.3, -0.25) is 0 Å². The van der Waals surface area contributed by atoms with E-state index in [2.05, 4.69) is 4.72 Å². The van der Waals surface area contributed by atoms with Crippen LogP contribution >= 0.6 is 11.6 Å². The molecule has 6 heteroatoms. The number of hydrogen-bond acceptors (Lipinski definition) is 3. The fourth-order valence-corrected chi connectivity index (χ4v) is 3.13. The van der Waals surface area contributed by atoms with E-state index in [0.717, 1.165) is 16.9 Å². The average molecular weight is 340 g/mol. The molecule has 0 atom stereocenters. The first-order valence-corrected chi connectivity index (χ1v) is 8.70. The first-order chi connectivity index (χ1) is 10.4. The molecule has 1 N–H and O–H groups in total. The molecule has 2 rings (SSSR count). The van der Waals surface area contributed by atoms with Crippen LogP contribution in [-0.4, -0.2) is 21.6 Å². The molecule has 118 valence electrons. The zero-order valence-corrected chi connectivity index (χ0v) is 14.0. The Morgan fingerprint density at radius 2 is 1.77 bits per heavy atom. The summed E-state index contributed by atoms with van der Waals surface area (Å²) in [5.41, 5.74) is 2.19. The maximum absolute atomic E-state index is 12.1. The van der Waals surface area contributed by atoms with Crippen molar-refractivity contribution < 1.29 is 13.2 Å². The maximum atomic E-state index is 12.1. The number of rotatable bonds is 6. The molecule has 0 aliphatic carbocycles. The van der Waals surface area contributed by atoms with Crippen LogP contribution in [0.1, 0.15) is 11.1 Å². The van der Waals surface area contributed by atoms with Gasteiger partial charge in [0.05, 0.1) is 4.90 Å². The van der Waals surface area contributed by atoms with E-state index in [1.165, 1.54) is 12.1 Å². The number of halogens is 1. The van der Waals surface area contributed by atoms with Gasteiger partial charge >= 0.3 is 0 Å². The van der Waals surface area contributed by atoms with Crippen molar-refractivity contribution in [1.82, 2.24) is 4.72 Å². The number of hydrogen-bond donors (Lipinski definition) is 1. The quantitative estimate of drug-likeness (QED) is 0.821. The Bertz CT molecular complexity index is 742. The SMILES string of the molecule is Cc1ccc(OCCNS(=O)(=O)c2ccc(Cl)cc2)c(C)c1. The second-order valence-electron chi connectivity index (χ2n) is 4.97. The number of benzene rings is 2. The third kappa shape index (κ3) is 4.47. The lowest BCUT2D eigenvalue weighted by Crippen LogP contribution is -2.28. The van der Waals surface area contributed by atoms with Gasteiger partial charge in [0, 0.05) is 11.6 Å². The largest absolute Gasteiger partial charge is 0.492 e. The molecule has 0 radical (unpaired) electrons. The molecule has 0 saturated carbocycles. The molecule has 0 fully saturated rings. The van der Waals surface area contributed by atoms with Gasteiger partial charge < -0.3 is 4.74 Å². The summed E-state index contributed by atoms with van der Waals surface area (Å²) in [6.45, 7) is 4.42. The van der Waals surface area contributed by atoms with E-state index < -0.39 is 10.0 Å². The minimum absolute atomic E-state index is 0.184. The zero-order valence-electron chi connectivity index (χ0n) is 12.5. The topological polar surface area (TPSA) is 55.4 Å². The van der Waals surface area contributed by atoms with Crippen molar-refractivity contribution in [3.05, 3.63) is 58.6 Å². The maximum Gasteiger partial charge on any atom is 0.240 e. The van der Waals surface area contributed by atoms with Crippen LogP contribution in [-0.2, 0) is 10.0 Å². The van der Waals surface area contributed by atoms with Crippen LogP contribution in [0.5, 0.6) is 5.75 Å². The molecule has 4 nitrogen and oxygen atoms in total. The molecule has 0 unspecified atom stereocenters. The van der Waals surface area contributed by atoms with E-state index in [1.807, 2.05) is 32.0 Å². The van der Waals surface area contributed by atoms with Crippen molar-refractivity contribution >= 4 is 21.6 Å². The van der Waals surface area contributed by atoms with Gasteiger partial charge in [0.2, 0.25) is 10.0 Å². The minimum atomic E-state index is -3.54. The average Bonchev–Trinajstić information content (AvgIpc) is 2.46. The molecule has 0 aliphatic heterocycles. The van der Waals surface area contributed by atoms with Crippen molar-refractivity contribution in [3.63, 3.8) is 0 Å². The Balaban J connectivity index is 1.89. The van der Waals surface area contributed by atoms with E-state index in [4.69, 9.17) is 16.3 Å². The number of sulfonamides is 1. The predicted octanol–water partition coefficient (Wildman–Crippen LogP) is 3.31. The van der Waals surface area contributed by atoms with E-state index in [-0.39, 0.29) is 18.0 Å². The van der Waals surface area contributed by atoms with Crippen LogP contribution in [0.15, 0.2) is 47.4 Å². The highest BCUT2D eigenvalue weighted by atomic mass is 35.5. The highest BCUT2D eigenvalue weighted by Crippen LogP contribution is 2.18. The number of aryl methyl sites for hydroxylation is 2. The van der Waals surface area contributed by atoms with Crippen LogP contribution in [0.2, 0.25) is 5.02 Å². The van der Waals surface area contributed by atoms with Gasteiger partial charge in [-0.15, -0.1) is 0 Å². The summed E-state index contributed by atoms with van der Waals surface area (Å²) in [5, 5.41) is 0.497. The van der Waals surface area contributed by atoms with E-state index in [0.29, 0.717) is 5.02 Å². The first kappa shape index (κ1) is 16.8. The molecule has 0 amide bonds. The number of ether oxygens (including phenoxy) is 1. The van der Waals surface area contributed by atoms with Crippen LogP contribution in [0.25, 0.3) is 0 Å². The summed E-state index contributed by atoms with van der Waals surface area (Å²) in [7, 11) is -3.54. The predicted molar refractivity (Wildman–Crippen MR) is 88.1 cm³/mol. The summed E-state index contributed by atoms with van der Waals surface area (Å²) >= 11 is 5.75. The Morgan fingerprint density at radius 1 is 1.09 bits per heavy atom. The molecule has 22 heavy (non-hydrogen) atoms. The van der Waals surface area contributed by atoms with Gasteiger partial charge in [-0.1, -0.05) is 29.3 Å². The van der Waals surface area contributed by atoms with Gasteiger partial charge in [-0.05, 0) is 49.7 Å². The highest BCUT2D eigenvalue weighted by molar-refractivity contribution is 7.89. The van der Waals surface area contributed by atoms with Crippen molar-refractivity contribution in [2.24, 2.45) is 0 Å². The fraction of sp³-hybridized carbons (Fsp3) is 0.250. The van der Waals surface area contributed by atoms with Crippen LogP contribution in [0.3, 0.4) is 0 Å². The summed E-state index contributed by atoms with van der Waals surface area (Å²) in [6, 6.07) is 11.9. The van der Waals surface area contributed by atoms with Gasteiger partial charge in [0.15, 0.2) is 0 Å². The Morgan fingerprint density at radius 3 is 2.41 bits per heavy atom. The highest BCUT2D eigenvalue weighted by Gasteiger charge is 2.13. The molecule has 2 aromatic rings. The smallest absolute Gasteiger partial charge is 0.240 e. The van der Waals surface area contributed by atoms with Gasteiger partial charge in [-0.25, -0.2) is 13.1 Å². The summed E-state index contributed by atoms with van der Waals surface area (Å²) in [4.78, 5) is 0.184. The van der Waals surface area contributed by atoms with E-state index in [9.17, 15) is 8.42 Å². The van der Waals surface area contributed by atoms with E-state index in [1.54, 1.807) is 12.1 Å². The summed E-state index contributed by atoms with van der Waals surface area (Å²) in [5.74, 6) is 0.760. The Hall–Kier alpha value is -1.56. The first-order valence-electron chi connectivity index (χ1n) is 6.84.